The molecular weight excluding hydrogens is 450 g/mol. The molecule has 2 aromatic carbocycles. The van der Waals surface area contributed by atoms with Crippen molar-refractivity contribution in [3.05, 3.63) is 59.2 Å². The normalized spacial score (nSPS) is 17.2. The van der Waals surface area contributed by atoms with Gasteiger partial charge in [-0.25, -0.2) is 4.79 Å². The molecule has 0 saturated carbocycles. The molecule has 0 aliphatic carbocycles. The highest BCUT2D eigenvalue weighted by Gasteiger charge is 2.38. The fraction of sp³-hybridized carbons (Fsp3) is 0.286. The van der Waals surface area contributed by atoms with Gasteiger partial charge in [0.25, 0.3) is 0 Å². The number of ether oxygens (including phenoxy) is 1. The summed E-state index contributed by atoms with van der Waals surface area (Å²) in [7, 11) is -1.53. The number of fused-ring (bicyclic) bond motifs is 1. The Morgan fingerprint density at radius 1 is 1.12 bits per heavy atom. The van der Waals surface area contributed by atoms with Crippen molar-refractivity contribution in [3.63, 3.8) is 0 Å². The van der Waals surface area contributed by atoms with Crippen LogP contribution in [0.2, 0.25) is 0 Å². The Kier molecular flexibility index (Phi) is 5.51. The van der Waals surface area contributed by atoms with Gasteiger partial charge in [-0.1, -0.05) is 12.1 Å². The topological polar surface area (TPSA) is 111 Å². The van der Waals surface area contributed by atoms with Crippen molar-refractivity contribution in [2.75, 3.05) is 33.3 Å². The van der Waals surface area contributed by atoms with Gasteiger partial charge in [0.15, 0.2) is 0 Å². The van der Waals surface area contributed by atoms with Gasteiger partial charge in [0.1, 0.15) is 16.8 Å². The first kappa shape index (κ1) is 21.2. The molecule has 0 atom stereocenters. The average Bonchev–Trinajstić information content (AvgIpc) is 3.51. The molecule has 0 radical (unpaired) electrons. The lowest BCUT2D eigenvalue weighted by Gasteiger charge is -2.41. The van der Waals surface area contributed by atoms with Crippen LogP contribution < -0.4 is 10.1 Å². The van der Waals surface area contributed by atoms with Gasteiger partial charge in [0.05, 0.1) is 23.7 Å². The number of nitrogens with zero attached hydrogens (tertiary/aromatic N) is 4. The SMILES string of the molecule is COc1cccc(CNC(=O)N2CC3=C(C2)CN(S(O)(O)c2ccc4nsnc4c2)C3)c1.[HH]. The van der Waals surface area contributed by atoms with E-state index in [4.69, 9.17) is 4.74 Å². The highest BCUT2D eigenvalue weighted by Crippen LogP contribution is 2.54. The molecule has 0 spiro atoms. The minimum Gasteiger partial charge on any atom is -0.497 e. The first-order valence-corrected chi connectivity index (χ1v) is 12.3. The van der Waals surface area contributed by atoms with Gasteiger partial charge in [0, 0.05) is 34.2 Å². The summed E-state index contributed by atoms with van der Waals surface area (Å²) in [5, 5.41) is 2.95. The highest BCUT2D eigenvalue weighted by molar-refractivity contribution is 8.22. The Labute approximate surface area is 192 Å². The lowest BCUT2D eigenvalue weighted by atomic mass is 10.2. The Hall–Kier alpha value is -2.70. The van der Waals surface area contributed by atoms with E-state index in [9.17, 15) is 13.9 Å². The molecule has 170 valence electrons. The van der Waals surface area contributed by atoms with E-state index in [1.54, 1.807) is 34.5 Å². The molecule has 0 unspecified atom stereocenters. The van der Waals surface area contributed by atoms with Crippen LogP contribution in [0.5, 0.6) is 5.75 Å². The third-order valence-corrected chi connectivity index (χ3v) is 8.19. The number of methoxy groups -OCH3 is 1. The molecular formula is C21H25N5O4S2. The summed E-state index contributed by atoms with van der Waals surface area (Å²) in [6, 6.07) is 12.6. The van der Waals surface area contributed by atoms with Gasteiger partial charge < -0.3 is 15.0 Å². The van der Waals surface area contributed by atoms with Crippen LogP contribution in [0.3, 0.4) is 0 Å². The van der Waals surface area contributed by atoms with Gasteiger partial charge in [-0.2, -0.15) is 13.1 Å². The Bertz CT molecular complexity index is 1200. The number of amides is 2. The number of benzene rings is 2. The number of nitrogens with one attached hydrogen (secondary N) is 1. The predicted molar refractivity (Wildman–Crippen MR) is 126 cm³/mol. The van der Waals surface area contributed by atoms with Crippen LogP contribution in [-0.2, 0) is 6.54 Å². The van der Waals surface area contributed by atoms with Crippen LogP contribution in [0.15, 0.2) is 58.5 Å². The second kappa shape index (κ2) is 8.34. The fourth-order valence-electron chi connectivity index (χ4n) is 4.02. The minimum absolute atomic E-state index is 0. The maximum atomic E-state index is 12.6. The monoisotopic (exact) mass is 475 g/mol. The molecule has 5 rings (SSSR count). The van der Waals surface area contributed by atoms with Crippen LogP contribution in [0.4, 0.5) is 4.79 Å². The maximum absolute atomic E-state index is 12.6. The summed E-state index contributed by atoms with van der Waals surface area (Å²) < 4.78 is 37.2. The quantitative estimate of drug-likeness (QED) is 0.481. The molecule has 0 bridgehead atoms. The average molecular weight is 476 g/mol. The van der Waals surface area contributed by atoms with Crippen molar-refractivity contribution < 1.29 is 20.1 Å². The molecule has 2 amide bonds. The van der Waals surface area contributed by atoms with Gasteiger partial charge in [0.2, 0.25) is 0 Å². The van der Waals surface area contributed by atoms with E-state index in [0.29, 0.717) is 43.1 Å². The molecule has 3 heterocycles. The number of rotatable bonds is 5. The zero-order valence-corrected chi connectivity index (χ0v) is 19.0. The van der Waals surface area contributed by atoms with Crippen molar-refractivity contribution in [1.82, 2.24) is 23.3 Å². The van der Waals surface area contributed by atoms with Crippen LogP contribution >= 0.6 is 22.5 Å². The van der Waals surface area contributed by atoms with E-state index in [-0.39, 0.29) is 7.46 Å². The summed E-state index contributed by atoms with van der Waals surface area (Å²) in [5.41, 5.74) is 4.50. The van der Waals surface area contributed by atoms with Crippen molar-refractivity contribution in [2.45, 2.75) is 11.4 Å². The summed E-state index contributed by atoms with van der Waals surface area (Å²) in [6.07, 6.45) is 0. The van der Waals surface area contributed by atoms with Crippen molar-refractivity contribution >= 4 is 39.6 Å². The van der Waals surface area contributed by atoms with Crippen LogP contribution in [0.1, 0.15) is 6.99 Å². The Morgan fingerprint density at radius 3 is 2.62 bits per heavy atom. The first-order chi connectivity index (χ1) is 15.4. The smallest absolute Gasteiger partial charge is 0.318 e. The minimum atomic E-state index is -3.14. The molecule has 0 fully saturated rings. The zero-order chi connectivity index (χ0) is 22.3. The molecule has 3 aromatic rings. The second-order valence-corrected chi connectivity index (χ2v) is 10.4. The summed E-state index contributed by atoms with van der Waals surface area (Å²) >= 11 is 1.10. The largest absolute Gasteiger partial charge is 0.497 e. The van der Waals surface area contributed by atoms with Crippen molar-refractivity contribution in [2.24, 2.45) is 0 Å². The standard InChI is InChI=1S/C21H23N5O4S2.H2/c1-30-17-4-2-3-14(7-17)9-22-21(27)25-10-15-12-26(13-16(15)11-25)32(28,29)18-5-6-19-20(8-18)24-31-23-19;/h2-8,28-29H,9-13H2,1H3,(H,22,27);1H. The number of aromatic nitrogens is 2. The molecule has 9 nitrogen and oxygen atoms in total. The predicted octanol–water partition coefficient (Wildman–Crippen LogP) is 3.81. The second-order valence-electron chi connectivity index (χ2n) is 7.80. The summed E-state index contributed by atoms with van der Waals surface area (Å²) in [6.45, 7) is 2.23. The van der Waals surface area contributed by atoms with E-state index in [0.717, 1.165) is 39.7 Å². The fourth-order valence-corrected chi connectivity index (χ4v) is 6.03. The number of hydrogen-bond acceptors (Lipinski definition) is 8. The lowest BCUT2D eigenvalue weighted by molar-refractivity contribution is 0.207. The van der Waals surface area contributed by atoms with E-state index < -0.39 is 10.8 Å². The number of carbonyl (C=O) groups is 1. The van der Waals surface area contributed by atoms with Gasteiger partial charge in [-0.3, -0.25) is 9.11 Å². The van der Waals surface area contributed by atoms with E-state index in [2.05, 4.69) is 14.1 Å². The molecule has 2 aliphatic rings. The lowest BCUT2D eigenvalue weighted by Crippen LogP contribution is -2.40. The maximum Gasteiger partial charge on any atom is 0.318 e. The van der Waals surface area contributed by atoms with E-state index in [1.807, 2.05) is 24.3 Å². The van der Waals surface area contributed by atoms with Gasteiger partial charge in [-0.05, 0) is 47.0 Å². The molecule has 0 saturated heterocycles. The van der Waals surface area contributed by atoms with Crippen LogP contribution in [-0.4, -0.2) is 66.4 Å². The molecule has 32 heavy (non-hydrogen) atoms. The third-order valence-electron chi connectivity index (χ3n) is 5.76. The zero-order valence-electron chi connectivity index (χ0n) is 17.4. The van der Waals surface area contributed by atoms with E-state index >= 15 is 0 Å². The Balaban J connectivity index is 0.00000259. The molecule has 1 aromatic heterocycles. The van der Waals surface area contributed by atoms with Gasteiger partial charge >= 0.3 is 6.03 Å². The van der Waals surface area contributed by atoms with Crippen molar-refractivity contribution in [1.29, 1.82) is 0 Å². The van der Waals surface area contributed by atoms with Crippen LogP contribution in [0.25, 0.3) is 11.0 Å². The number of urea groups is 1. The first-order valence-electron chi connectivity index (χ1n) is 10.0. The summed E-state index contributed by atoms with van der Waals surface area (Å²) in [5.74, 6) is 0.753. The number of hydrogen-bond donors (Lipinski definition) is 3. The molecule has 3 N–H and O–H groups in total. The third kappa shape index (κ3) is 3.93. The molecule has 2 aliphatic heterocycles. The summed E-state index contributed by atoms with van der Waals surface area (Å²) in [4.78, 5) is 14.8. The molecule has 11 heteroatoms. The van der Waals surface area contributed by atoms with E-state index in [1.165, 1.54) is 0 Å². The highest BCUT2D eigenvalue weighted by atomic mass is 32.3. The Morgan fingerprint density at radius 2 is 1.88 bits per heavy atom. The van der Waals surface area contributed by atoms with Crippen LogP contribution in [0, 0.1) is 0 Å². The number of carbonyl (C=O) groups excluding carboxylic acids is 1. The van der Waals surface area contributed by atoms with Crippen molar-refractivity contribution in [3.8, 4) is 5.75 Å². The van der Waals surface area contributed by atoms with Gasteiger partial charge in [-0.15, -0.1) is 10.8 Å².